The van der Waals surface area contributed by atoms with Crippen molar-refractivity contribution in [3.8, 4) is 0 Å². The third-order valence-electron chi connectivity index (χ3n) is 7.34. The summed E-state index contributed by atoms with van der Waals surface area (Å²) >= 11 is 7.71. The van der Waals surface area contributed by atoms with E-state index in [9.17, 15) is 15.0 Å². The lowest BCUT2D eigenvalue weighted by molar-refractivity contribution is -0.140. The zero-order valence-corrected chi connectivity index (χ0v) is 20.6. The van der Waals surface area contributed by atoms with Gasteiger partial charge in [-0.2, -0.15) is 0 Å². The van der Waals surface area contributed by atoms with Gasteiger partial charge >= 0.3 is 5.97 Å². The number of aliphatic hydroxyl groups is 2. The minimum absolute atomic E-state index is 0.0286. The van der Waals surface area contributed by atoms with Crippen molar-refractivity contribution in [2.24, 2.45) is 17.3 Å². The Morgan fingerprint density at radius 1 is 1.31 bits per heavy atom. The third kappa shape index (κ3) is 6.93. The Morgan fingerprint density at radius 2 is 2.12 bits per heavy atom. The van der Waals surface area contributed by atoms with E-state index < -0.39 is 0 Å². The topological polar surface area (TPSA) is 66.8 Å². The molecule has 0 saturated heterocycles. The summed E-state index contributed by atoms with van der Waals surface area (Å²) < 4.78 is 5.47. The first-order chi connectivity index (χ1) is 15.4. The number of carbonyl (C=O) groups excluding carboxylic acids is 1. The van der Waals surface area contributed by atoms with Gasteiger partial charge in [0, 0.05) is 22.6 Å². The van der Waals surface area contributed by atoms with Crippen LogP contribution in [0.1, 0.15) is 69.1 Å². The number of carbonyl (C=O) groups is 1. The zero-order chi connectivity index (χ0) is 23.0. The van der Waals surface area contributed by atoms with Crippen molar-refractivity contribution in [2.45, 2.75) is 82.8 Å². The van der Waals surface area contributed by atoms with E-state index >= 15 is 0 Å². The Labute approximate surface area is 201 Å². The van der Waals surface area contributed by atoms with E-state index in [4.69, 9.17) is 11.6 Å². The summed E-state index contributed by atoms with van der Waals surface area (Å²) in [5.41, 5.74) is -0.0286. The molecule has 2 N–H and O–H groups in total. The summed E-state index contributed by atoms with van der Waals surface area (Å²) in [5, 5.41) is 21.5. The van der Waals surface area contributed by atoms with Crippen LogP contribution in [0.3, 0.4) is 0 Å². The van der Waals surface area contributed by atoms with E-state index in [1.807, 2.05) is 6.07 Å². The Balaban J connectivity index is 1.46. The largest absolute Gasteiger partial charge is 0.469 e. The molecule has 4 nitrogen and oxygen atoms in total. The van der Waals surface area contributed by atoms with Crippen LogP contribution >= 0.6 is 22.9 Å². The molecule has 2 aliphatic carbocycles. The van der Waals surface area contributed by atoms with Gasteiger partial charge in [-0.05, 0) is 75.8 Å². The van der Waals surface area contributed by atoms with Gasteiger partial charge in [0.05, 0.1) is 23.7 Å². The van der Waals surface area contributed by atoms with Gasteiger partial charge in [0.25, 0.3) is 0 Å². The van der Waals surface area contributed by atoms with Crippen molar-refractivity contribution in [3.05, 3.63) is 45.7 Å². The van der Waals surface area contributed by atoms with Crippen LogP contribution in [-0.2, 0) is 16.0 Å². The summed E-state index contributed by atoms with van der Waals surface area (Å²) in [6, 6.07) is 4.02. The maximum Gasteiger partial charge on any atom is 0.305 e. The fraction of sp³-hybridized carbons (Fsp3) is 0.654. The summed E-state index contributed by atoms with van der Waals surface area (Å²) in [4.78, 5) is 12.4. The second-order valence-corrected chi connectivity index (χ2v) is 11.2. The lowest BCUT2D eigenvalue weighted by Gasteiger charge is -2.45. The average Bonchev–Trinajstić information content (AvgIpc) is 3.32. The lowest BCUT2D eigenvalue weighted by atomic mass is 9.62. The number of halogens is 1. The molecule has 2 saturated carbocycles. The van der Waals surface area contributed by atoms with E-state index in [0.717, 1.165) is 55.7 Å². The van der Waals surface area contributed by atoms with Crippen molar-refractivity contribution >= 4 is 28.9 Å². The number of allylic oxidation sites excluding steroid dienone is 2. The van der Waals surface area contributed by atoms with Crippen LogP contribution in [0, 0.1) is 17.3 Å². The minimum atomic E-state index is -0.361. The Hall–Kier alpha value is -1.14. The molecule has 3 rings (SSSR count). The van der Waals surface area contributed by atoms with Crippen molar-refractivity contribution in [3.63, 3.8) is 0 Å². The number of thiophene rings is 1. The summed E-state index contributed by atoms with van der Waals surface area (Å²) in [7, 11) is 1.42. The van der Waals surface area contributed by atoms with Crippen molar-refractivity contribution < 1.29 is 19.7 Å². The summed E-state index contributed by atoms with van der Waals surface area (Å²) in [6.07, 6.45) is 17.7. The first-order valence-corrected chi connectivity index (χ1v) is 13.1. The highest BCUT2D eigenvalue weighted by Gasteiger charge is 2.43. The predicted octanol–water partition coefficient (Wildman–Crippen LogP) is 6.10. The number of esters is 1. The molecular formula is C26H37ClO4S. The molecule has 0 bridgehead atoms. The second kappa shape index (κ2) is 12.4. The van der Waals surface area contributed by atoms with Crippen molar-refractivity contribution in [1.29, 1.82) is 0 Å². The molecule has 1 heterocycles. The van der Waals surface area contributed by atoms with E-state index in [0.29, 0.717) is 18.8 Å². The smallest absolute Gasteiger partial charge is 0.305 e. The molecule has 1 aromatic rings. The number of hydrogen-bond acceptors (Lipinski definition) is 5. The van der Waals surface area contributed by atoms with Gasteiger partial charge in [-0.3, -0.25) is 4.79 Å². The first-order valence-electron chi connectivity index (χ1n) is 11.9. The molecule has 0 amide bonds. The third-order valence-corrected chi connectivity index (χ3v) is 8.57. The van der Waals surface area contributed by atoms with Crippen molar-refractivity contribution in [1.82, 2.24) is 0 Å². The average molecular weight is 481 g/mol. The highest BCUT2D eigenvalue weighted by atomic mass is 35.5. The number of methoxy groups -OCH3 is 1. The highest BCUT2D eigenvalue weighted by Crippen LogP contribution is 2.48. The molecule has 0 aromatic carbocycles. The lowest BCUT2D eigenvalue weighted by Crippen LogP contribution is -2.42. The number of aliphatic hydroxyl groups excluding tert-OH is 2. The fourth-order valence-electron chi connectivity index (χ4n) is 5.17. The quantitative estimate of drug-likeness (QED) is 0.215. The van der Waals surface area contributed by atoms with Crippen LogP contribution in [-0.4, -0.2) is 35.5 Å². The molecule has 1 unspecified atom stereocenters. The maximum atomic E-state index is 11.2. The van der Waals surface area contributed by atoms with E-state index in [1.165, 1.54) is 18.4 Å². The molecule has 2 fully saturated rings. The van der Waals surface area contributed by atoms with E-state index in [-0.39, 0.29) is 29.5 Å². The number of rotatable bonds is 12. The second-order valence-electron chi connectivity index (χ2n) is 9.44. The Morgan fingerprint density at radius 3 is 2.78 bits per heavy atom. The van der Waals surface area contributed by atoms with E-state index in [2.05, 4.69) is 35.1 Å². The van der Waals surface area contributed by atoms with Crippen molar-refractivity contribution in [2.75, 3.05) is 7.11 Å². The van der Waals surface area contributed by atoms with Gasteiger partial charge in [0.1, 0.15) is 0 Å². The SMILES string of the molecule is COC(=O)CCC/C=C/C[C@H]1CC[C@@H](O)[C@@H]1/C=C/CC(O)C1(Cc2ccc(Cl)s2)CCC1. The Kier molecular flexibility index (Phi) is 9.84. The van der Waals surface area contributed by atoms with Gasteiger partial charge in [0.2, 0.25) is 0 Å². The molecule has 1 aromatic heterocycles. The van der Waals surface area contributed by atoms with Crippen LogP contribution in [0.15, 0.2) is 36.4 Å². The van der Waals surface area contributed by atoms with Crippen LogP contribution in [0.4, 0.5) is 0 Å². The molecule has 0 aliphatic heterocycles. The fourth-order valence-corrected chi connectivity index (χ4v) is 6.41. The highest BCUT2D eigenvalue weighted by molar-refractivity contribution is 7.16. The van der Waals surface area contributed by atoms with Gasteiger partial charge in [0.15, 0.2) is 0 Å². The van der Waals surface area contributed by atoms with Crippen LogP contribution in [0.25, 0.3) is 0 Å². The summed E-state index contributed by atoms with van der Waals surface area (Å²) in [5.74, 6) is 0.420. The molecule has 32 heavy (non-hydrogen) atoms. The van der Waals surface area contributed by atoms with Gasteiger partial charge in [-0.25, -0.2) is 0 Å². The molecule has 0 radical (unpaired) electrons. The minimum Gasteiger partial charge on any atom is -0.469 e. The zero-order valence-electron chi connectivity index (χ0n) is 19.0. The van der Waals surface area contributed by atoms with Gasteiger partial charge in [-0.15, -0.1) is 11.3 Å². The van der Waals surface area contributed by atoms with Crippen LogP contribution in [0.2, 0.25) is 4.34 Å². The van der Waals surface area contributed by atoms with Crippen LogP contribution < -0.4 is 0 Å². The number of hydrogen-bond donors (Lipinski definition) is 2. The maximum absolute atomic E-state index is 11.2. The standard InChI is InChI=1S/C26H37ClO4S/c1-31-25(30)11-5-3-2-4-8-19-12-14-22(28)21(19)9-6-10-23(29)26(16-7-17-26)18-20-13-15-24(27)32-20/h2,4,6,9,13,15,19,21-23,28-29H,3,5,7-8,10-12,14,16-18H2,1H3/b4-2+,9-6+/t19-,21+,22+,23?/m0/s1. The first kappa shape index (κ1) is 25.5. The van der Waals surface area contributed by atoms with Gasteiger partial charge < -0.3 is 14.9 Å². The molecule has 6 heteroatoms. The molecular weight excluding hydrogens is 444 g/mol. The summed E-state index contributed by atoms with van der Waals surface area (Å²) in [6.45, 7) is 0. The Bertz CT molecular complexity index is 783. The molecule has 4 atom stereocenters. The monoisotopic (exact) mass is 480 g/mol. The normalized spacial score (nSPS) is 25.9. The molecule has 2 aliphatic rings. The number of ether oxygens (including phenoxy) is 1. The molecule has 178 valence electrons. The molecule has 0 spiro atoms. The predicted molar refractivity (Wildman–Crippen MR) is 131 cm³/mol. The van der Waals surface area contributed by atoms with Gasteiger partial charge in [-0.1, -0.05) is 42.3 Å². The number of unbranched alkanes of at least 4 members (excludes halogenated alkanes) is 1. The van der Waals surface area contributed by atoms with E-state index in [1.54, 1.807) is 11.3 Å². The van der Waals surface area contributed by atoms with Crippen LogP contribution in [0.5, 0.6) is 0 Å².